The molecule has 0 aliphatic carbocycles. The molecule has 1 atom stereocenters. The van der Waals surface area contributed by atoms with Crippen molar-refractivity contribution in [3.05, 3.63) is 86.4 Å². The lowest BCUT2D eigenvalue weighted by atomic mass is 10.1. The number of hydrogen-bond acceptors (Lipinski definition) is 6. The first-order chi connectivity index (χ1) is 14.4. The van der Waals surface area contributed by atoms with Crippen LogP contribution in [0.1, 0.15) is 17.5 Å². The van der Waals surface area contributed by atoms with Crippen molar-refractivity contribution in [1.29, 1.82) is 0 Å². The van der Waals surface area contributed by atoms with E-state index in [-0.39, 0.29) is 12.9 Å². The second-order valence-corrected chi connectivity index (χ2v) is 7.47. The van der Waals surface area contributed by atoms with Crippen molar-refractivity contribution >= 4 is 35.0 Å². The third-order valence-electron chi connectivity index (χ3n) is 3.80. The number of thioether (sulfide) groups is 1. The van der Waals surface area contributed by atoms with Crippen LogP contribution in [-0.2, 0) is 11.2 Å². The Morgan fingerprint density at radius 2 is 1.97 bits per heavy atom. The molecule has 0 spiro atoms. The van der Waals surface area contributed by atoms with Crippen molar-refractivity contribution in [3.8, 4) is 5.75 Å². The molecule has 2 aromatic carbocycles. The van der Waals surface area contributed by atoms with Gasteiger partial charge in [0, 0.05) is 33.8 Å². The molecule has 0 saturated carbocycles. The highest BCUT2D eigenvalue weighted by molar-refractivity contribution is 7.98. The van der Waals surface area contributed by atoms with E-state index >= 15 is 0 Å². The van der Waals surface area contributed by atoms with Crippen molar-refractivity contribution in [2.24, 2.45) is 0 Å². The molecular formula is C19H19Cl2N3O5S. The predicted octanol–water partition coefficient (Wildman–Crippen LogP) is 5.43. The van der Waals surface area contributed by atoms with E-state index in [1.54, 1.807) is 30.2 Å². The van der Waals surface area contributed by atoms with Crippen LogP contribution in [0.2, 0.25) is 10.0 Å². The van der Waals surface area contributed by atoms with Gasteiger partial charge < -0.3 is 19.7 Å². The fourth-order valence-electron chi connectivity index (χ4n) is 2.43. The van der Waals surface area contributed by atoms with Crippen LogP contribution in [0.25, 0.3) is 0 Å². The Kier molecular flexibility index (Phi) is 9.75. The largest absolute Gasteiger partial charge is 0.468 e. The molecule has 8 nitrogen and oxygen atoms in total. The third kappa shape index (κ3) is 8.11. The molecule has 30 heavy (non-hydrogen) atoms. The van der Waals surface area contributed by atoms with Crippen LogP contribution in [0.3, 0.4) is 0 Å². The Morgan fingerprint density at radius 1 is 1.27 bits per heavy atom. The molecule has 1 unspecified atom stereocenters. The van der Waals surface area contributed by atoms with Gasteiger partial charge in [-0.05, 0) is 48.2 Å². The maximum absolute atomic E-state index is 8.36. The van der Waals surface area contributed by atoms with Crippen LogP contribution >= 0.6 is 35.0 Å². The summed E-state index contributed by atoms with van der Waals surface area (Å²) in [5.41, 5.74) is 0.932. The number of H-pyrrole nitrogens is 1. The fraction of sp³-hybridized carbons (Fsp3) is 0.211. The maximum atomic E-state index is 8.36. The molecule has 3 rings (SSSR count). The van der Waals surface area contributed by atoms with E-state index in [2.05, 4.69) is 9.97 Å². The first-order valence-electron chi connectivity index (χ1n) is 8.54. The first-order valence-corrected chi connectivity index (χ1v) is 10.5. The zero-order chi connectivity index (χ0) is 21.9. The number of aromatic amines is 1. The van der Waals surface area contributed by atoms with E-state index in [0.29, 0.717) is 16.5 Å². The van der Waals surface area contributed by atoms with E-state index < -0.39 is 5.09 Å². The van der Waals surface area contributed by atoms with Gasteiger partial charge in [0.25, 0.3) is 5.09 Å². The van der Waals surface area contributed by atoms with Crippen molar-refractivity contribution < 1.29 is 19.8 Å². The van der Waals surface area contributed by atoms with Gasteiger partial charge in [-0.25, -0.2) is 4.98 Å². The van der Waals surface area contributed by atoms with E-state index in [0.717, 1.165) is 17.1 Å². The lowest BCUT2D eigenvalue weighted by Crippen LogP contribution is -2.14. The normalized spacial score (nSPS) is 11.3. The van der Waals surface area contributed by atoms with Crippen molar-refractivity contribution in [2.75, 3.05) is 13.0 Å². The third-order valence-corrected chi connectivity index (χ3v) is 5.13. The lowest BCUT2D eigenvalue weighted by Gasteiger charge is -2.17. The van der Waals surface area contributed by atoms with Crippen LogP contribution in [-0.4, -0.2) is 33.3 Å². The number of benzene rings is 2. The molecule has 0 amide bonds. The summed E-state index contributed by atoms with van der Waals surface area (Å²) in [4.78, 5) is 16.9. The SMILES string of the molecule is CSc1ccc(OCOC(Cc2ccc(Cl)cc2Cl)c2ncc[nH]2)cc1.O=[N+]([O-])O. The van der Waals surface area contributed by atoms with Gasteiger partial charge in [-0.3, -0.25) is 0 Å². The first kappa shape index (κ1) is 23.8. The monoisotopic (exact) mass is 471 g/mol. The van der Waals surface area contributed by atoms with E-state index in [4.69, 9.17) is 48.0 Å². The molecule has 160 valence electrons. The number of nitrogens with zero attached hydrogens (tertiary/aromatic N) is 2. The average molecular weight is 472 g/mol. The fourth-order valence-corrected chi connectivity index (χ4v) is 3.33. The summed E-state index contributed by atoms with van der Waals surface area (Å²) in [6.45, 7) is 0.106. The summed E-state index contributed by atoms with van der Waals surface area (Å²) in [6.07, 6.45) is 5.73. The van der Waals surface area contributed by atoms with Gasteiger partial charge in [-0.1, -0.05) is 29.3 Å². The Bertz CT molecular complexity index is 922. The smallest absolute Gasteiger partial charge is 0.291 e. The lowest BCUT2D eigenvalue weighted by molar-refractivity contribution is -0.742. The number of ether oxygens (including phenoxy) is 2. The van der Waals surface area contributed by atoms with Gasteiger partial charge in [0.15, 0.2) is 6.79 Å². The molecule has 0 fully saturated rings. The van der Waals surface area contributed by atoms with Gasteiger partial charge in [0.2, 0.25) is 0 Å². The topological polar surface area (TPSA) is 111 Å². The average Bonchev–Trinajstić information content (AvgIpc) is 3.24. The van der Waals surface area contributed by atoms with E-state index in [9.17, 15) is 0 Å². The number of halogens is 2. The Labute approximate surface area is 187 Å². The Balaban J connectivity index is 0.000000735. The van der Waals surface area contributed by atoms with E-state index in [1.807, 2.05) is 42.7 Å². The minimum absolute atomic E-state index is 0.106. The van der Waals surface area contributed by atoms with Crippen molar-refractivity contribution in [1.82, 2.24) is 9.97 Å². The highest BCUT2D eigenvalue weighted by Crippen LogP contribution is 2.27. The number of nitrogens with one attached hydrogen (secondary N) is 1. The summed E-state index contributed by atoms with van der Waals surface area (Å²) in [7, 11) is 0. The summed E-state index contributed by atoms with van der Waals surface area (Å²) < 4.78 is 11.6. The van der Waals surface area contributed by atoms with Crippen LogP contribution in [0.5, 0.6) is 5.75 Å². The van der Waals surface area contributed by atoms with Crippen LogP contribution < -0.4 is 4.74 Å². The van der Waals surface area contributed by atoms with Gasteiger partial charge in [0.1, 0.15) is 17.7 Å². The highest BCUT2D eigenvalue weighted by atomic mass is 35.5. The number of imidazole rings is 1. The Hall–Kier alpha value is -2.46. The summed E-state index contributed by atoms with van der Waals surface area (Å²) in [5.74, 6) is 1.47. The van der Waals surface area contributed by atoms with E-state index in [1.165, 1.54) is 4.90 Å². The summed E-state index contributed by atoms with van der Waals surface area (Å²) >= 11 is 13.9. The molecule has 1 aromatic heterocycles. The highest BCUT2D eigenvalue weighted by Gasteiger charge is 2.17. The number of aromatic nitrogens is 2. The zero-order valence-electron chi connectivity index (χ0n) is 15.8. The standard InChI is InChI=1S/C19H18Cl2N2O2S.HNO3/c1-26-16-6-4-15(5-7-16)24-12-25-18(19-22-8-9-23-19)10-13-2-3-14(20)11-17(13)21;2-1(3)4/h2-9,11,18H,10,12H2,1H3,(H,22,23);(H,2,3,4). The molecule has 11 heteroatoms. The minimum Gasteiger partial charge on any atom is -0.468 e. The van der Waals surface area contributed by atoms with Crippen LogP contribution in [0.15, 0.2) is 59.8 Å². The van der Waals surface area contributed by atoms with Crippen molar-refractivity contribution in [2.45, 2.75) is 17.4 Å². The molecule has 2 N–H and O–H groups in total. The van der Waals surface area contributed by atoms with Crippen LogP contribution in [0.4, 0.5) is 0 Å². The zero-order valence-corrected chi connectivity index (χ0v) is 18.2. The second-order valence-electron chi connectivity index (χ2n) is 5.75. The molecule has 0 aliphatic heterocycles. The van der Waals surface area contributed by atoms with Crippen molar-refractivity contribution in [3.63, 3.8) is 0 Å². The summed E-state index contributed by atoms with van der Waals surface area (Å²) in [5, 5.41) is 14.8. The molecule has 0 bridgehead atoms. The molecule has 3 aromatic rings. The molecule has 1 heterocycles. The Morgan fingerprint density at radius 3 is 2.53 bits per heavy atom. The second kappa shape index (κ2) is 12.3. The van der Waals surface area contributed by atoms with Gasteiger partial charge in [0.05, 0.1) is 0 Å². The summed E-state index contributed by atoms with van der Waals surface area (Å²) in [6, 6.07) is 13.3. The minimum atomic E-state index is -1.50. The molecule has 0 radical (unpaired) electrons. The molecular weight excluding hydrogens is 453 g/mol. The van der Waals surface area contributed by atoms with Gasteiger partial charge in [-0.15, -0.1) is 21.9 Å². The molecule has 0 aliphatic rings. The molecule has 0 saturated heterocycles. The maximum Gasteiger partial charge on any atom is 0.291 e. The van der Waals surface area contributed by atoms with Crippen LogP contribution in [0, 0.1) is 10.1 Å². The number of rotatable bonds is 8. The number of hydrogen-bond donors (Lipinski definition) is 2. The predicted molar refractivity (Wildman–Crippen MR) is 115 cm³/mol. The van der Waals surface area contributed by atoms with Gasteiger partial charge >= 0.3 is 0 Å². The van der Waals surface area contributed by atoms with Gasteiger partial charge in [-0.2, -0.15) is 0 Å². The quantitative estimate of drug-likeness (QED) is 0.195.